The third-order valence-electron chi connectivity index (χ3n) is 3.46. The fourth-order valence-electron chi connectivity index (χ4n) is 2.17. The van der Waals surface area contributed by atoms with Crippen molar-refractivity contribution in [2.24, 2.45) is 0 Å². The van der Waals surface area contributed by atoms with E-state index in [1.165, 1.54) is 5.56 Å². The lowest BCUT2D eigenvalue weighted by Crippen LogP contribution is -2.31. The summed E-state index contributed by atoms with van der Waals surface area (Å²) in [6.07, 6.45) is 1.76. The molecule has 0 saturated heterocycles. The van der Waals surface area contributed by atoms with E-state index in [2.05, 4.69) is 22.4 Å². The van der Waals surface area contributed by atoms with Crippen molar-refractivity contribution >= 4 is 23.5 Å². The van der Waals surface area contributed by atoms with Gasteiger partial charge in [0.25, 0.3) is 0 Å². The standard InChI is InChI=1S/C18H23N3OS/c1-14(23-13-15-8-5-4-6-9-15)18(22)20-12-16-10-7-11-19-17(16)21(2)3/h4-11,14H,12-13H2,1-3H3,(H,20,22)/t14-/m1/s1. The highest BCUT2D eigenvalue weighted by Gasteiger charge is 2.14. The molecule has 1 heterocycles. The van der Waals surface area contributed by atoms with Gasteiger partial charge >= 0.3 is 0 Å². The SMILES string of the molecule is C[C@@H](SCc1ccccc1)C(=O)NCc1cccnc1N(C)C. The third kappa shape index (κ3) is 5.28. The molecule has 0 aliphatic rings. The van der Waals surface area contributed by atoms with Gasteiger partial charge in [0.15, 0.2) is 0 Å². The molecule has 2 aromatic rings. The van der Waals surface area contributed by atoms with Crippen molar-refractivity contribution in [3.05, 3.63) is 59.8 Å². The van der Waals surface area contributed by atoms with Gasteiger partial charge in [0, 0.05) is 38.2 Å². The van der Waals surface area contributed by atoms with E-state index < -0.39 is 0 Å². The van der Waals surface area contributed by atoms with Crippen molar-refractivity contribution in [2.75, 3.05) is 19.0 Å². The predicted molar refractivity (Wildman–Crippen MR) is 97.6 cm³/mol. The van der Waals surface area contributed by atoms with E-state index in [9.17, 15) is 4.79 Å². The van der Waals surface area contributed by atoms with E-state index in [0.717, 1.165) is 17.1 Å². The van der Waals surface area contributed by atoms with Crippen LogP contribution in [0.1, 0.15) is 18.1 Å². The Kier molecular flexibility index (Phi) is 6.47. The maximum absolute atomic E-state index is 12.3. The Balaban J connectivity index is 1.85. The van der Waals surface area contributed by atoms with Crippen molar-refractivity contribution in [3.63, 3.8) is 0 Å². The van der Waals surface area contributed by atoms with Gasteiger partial charge in [0.05, 0.1) is 5.25 Å². The number of aromatic nitrogens is 1. The highest BCUT2D eigenvalue weighted by molar-refractivity contribution is 7.99. The summed E-state index contributed by atoms with van der Waals surface area (Å²) in [6.45, 7) is 2.44. The molecular weight excluding hydrogens is 306 g/mol. The number of benzene rings is 1. The molecule has 0 aliphatic heterocycles. The van der Waals surface area contributed by atoms with E-state index >= 15 is 0 Å². The number of hydrogen-bond donors (Lipinski definition) is 1. The van der Waals surface area contributed by atoms with Gasteiger partial charge in [-0.15, -0.1) is 11.8 Å². The molecule has 1 N–H and O–H groups in total. The van der Waals surface area contributed by atoms with Gasteiger partial charge in [-0.1, -0.05) is 36.4 Å². The summed E-state index contributed by atoms with van der Waals surface area (Å²) < 4.78 is 0. The average molecular weight is 329 g/mol. The largest absolute Gasteiger partial charge is 0.362 e. The quantitative estimate of drug-likeness (QED) is 0.848. The summed E-state index contributed by atoms with van der Waals surface area (Å²) in [6, 6.07) is 14.1. The maximum atomic E-state index is 12.3. The molecule has 0 fully saturated rings. The van der Waals surface area contributed by atoms with Crippen molar-refractivity contribution in [3.8, 4) is 0 Å². The topological polar surface area (TPSA) is 45.2 Å². The second-order valence-corrected chi connectivity index (χ2v) is 6.87. The number of nitrogens with zero attached hydrogens (tertiary/aromatic N) is 2. The van der Waals surface area contributed by atoms with Crippen LogP contribution in [0.5, 0.6) is 0 Å². The summed E-state index contributed by atoms with van der Waals surface area (Å²) in [5, 5.41) is 2.92. The lowest BCUT2D eigenvalue weighted by Gasteiger charge is -2.17. The van der Waals surface area contributed by atoms with Crippen LogP contribution in [0.15, 0.2) is 48.7 Å². The second-order valence-electron chi connectivity index (χ2n) is 5.54. The lowest BCUT2D eigenvalue weighted by molar-refractivity contribution is -0.120. The van der Waals surface area contributed by atoms with Gasteiger partial charge in [0.2, 0.25) is 5.91 Å². The van der Waals surface area contributed by atoms with Gasteiger partial charge in [0.1, 0.15) is 5.82 Å². The van der Waals surface area contributed by atoms with Crippen LogP contribution in [-0.2, 0) is 17.1 Å². The van der Waals surface area contributed by atoms with Crippen LogP contribution in [0.3, 0.4) is 0 Å². The minimum absolute atomic E-state index is 0.0551. The zero-order valence-electron chi connectivity index (χ0n) is 13.8. The Hall–Kier alpha value is -2.01. The summed E-state index contributed by atoms with van der Waals surface area (Å²) in [4.78, 5) is 18.6. The number of anilines is 1. The molecule has 2 rings (SSSR count). The zero-order valence-corrected chi connectivity index (χ0v) is 14.6. The van der Waals surface area contributed by atoms with Crippen LogP contribution in [0.4, 0.5) is 5.82 Å². The number of hydrogen-bond acceptors (Lipinski definition) is 4. The molecule has 0 bridgehead atoms. The Morgan fingerprint density at radius 1 is 1.22 bits per heavy atom. The van der Waals surface area contributed by atoms with Crippen molar-refractivity contribution in [2.45, 2.75) is 24.5 Å². The number of thioether (sulfide) groups is 1. The van der Waals surface area contributed by atoms with Crippen molar-refractivity contribution in [1.82, 2.24) is 10.3 Å². The second kappa shape index (κ2) is 8.58. The van der Waals surface area contributed by atoms with Crippen LogP contribution in [-0.4, -0.2) is 30.2 Å². The summed E-state index contributed by atoms with van der Waals surface area (Å²) in [7, 11) is 3.90. The van der Waals surface area contributed by atoms with E-state index in [0.29, 0.717) is 6.54 Å². The van der Waals surface area contributed by atoms with Gasteiger partial charge in [-0.25, -0.2) is 4.98 Å². The van der Waals surface area contributed by atoms with E-state index in [1.54, 1.807) is 18.0 Å². The highest BCUT2D eigenvalue weighted by atomic mass is 32.2. The minimum Gasteiger partial charge on any atom is -0.362 e. The molecule has 4 nitrogen and oxygen atoms in total. The summed E-state index contributed by atoms with van der Waals surface area (Å²) in [5.74, 6) is 1.78. The Morgan fingerprint density at radius 3 is 2.65 bits per heavy atom. The summed E-state index contributed by atoms with van der Waals surface area (Å²) in [5.41, 5.74) is 2.26. The van der Waals surface area contributed by atoms with Gasteiger partial charge in [-0.3, -0.25) is 4.79 Å². The first-order valence-corrected chi connectivity index (χ1v) is 8.67. The van der Waals surface area contributed by atoms with Crippen LogP contribution >= 0.6 is 11.8 Å². The highest BCUT2D eigenvalue weighted by Crippen LogP contribution is 2.18. The molecule has 122 valence electrons. The first-order chi connectivity index (χ1) is 11.1. The Bertz CT molecular complexity index is 631. The molecule has 0 unspecified atom stereocenters. The van der Waals surface area contributed by atoms with E-state index in [4.69, 9.17) is 0 Å². The van der Waals surface area contributed by atoms with Gasteiger partial charge in [-0.2, -0.15) is 0 Å². The first-order valence-electron chi connectivity index (χ1n) is 7.62. The average Bonchev–Trinajstić information content (AvgIpc) is 2.58. The van der Waals surface area contributed by atoms with Gasteiger partial charge < -0.3 is 10.2 Å². The van der Waals surface area contributed by atoms with E-state index in [-0.39, 0.29) is 11.2 Å². The zero-order chi connectivity index (χ0) is 16.7. The number of pyridine rings is 1. The van der Waals surface area contributed by atoms with Crippen LogP contribution in [0.2, 0.25) is 0 Å². The molecule has 23 heavy (non-hydrogen) atoms. The molecule has 1 atom stereocenters. The molecule has 0 radical (unpaired) electrons. The number of carbonyl (C=O) groups excluding carboxylic acids is 1. The van der Waals surface area contributed by atoms with Crippen LogP contribution < -0.4 is 10.2 Å². The van der Waals surface area contributed by atoms with Crippen LogP contribution in [0.25, 0.3) is 0 Å². The van der Waals surface area contributed by atoms with E-state index in [1.807, 2.05) is 56.3 Å². The molecule has 1 aromatic carbocycles. The molecular formula is C18H23N3OS. The molecule has 5 heteroatoms. The molecule has 0 saturated carbocycles. The fraction of sp³-hybridized carbons (Fsp3) is 0.333. The molecule has 0 aliphatic carbocycles. The third-order valence-corrected chi connectivity index (χ3v) is 4.67. The van der Waals surface area contributed by atoms with Gasteiger partial charge in [-0.05, 0) is 18.6 Å². The Labute approximate surface area is 142 Å². The summed E-state index contributed by atoms with van der Waals surface area (Å²) >= 11 is 1.65. The number of amides is 1. The van der Waals surface area contributed by atoms with Crippen molar-refractivity contribution < 1.29 is 4.79 Å². The molecule has 1 aromatic heterocycles. The molecule has 1 amide bonds. The first kappa shape index (κ1) is 17.3. The number of carbonyl (C=O) groups is 1. The van der Waals surface area contributed by atoms with Crippen molar-refractivity contribution in [1.29, 1.82) is 0 Å². The molecule has 0 spiro atoms. The fourth-order valence-corrected chi connectivity index (χ4v) is 3.04. The number of nitrogens with one attached hydrogen (secondary N) is 1. The van der Waals surface area contributed by atoms with Crippen LogP contribution in [0, 0.1) is 0 Å². The number of rotatable bonds is 7. The lowest BCUT2D eigenvalue weighted by atomic mass is 10.2. The predicted octanol–water partition coefficient (Wildman–Crippen LogP) is 3.09. The normalized spacial score (nSPS) is 11.8. The minimum atomic E-state index is -0.0883. The maximum Gasteiger partial charge on any atom is 0.233 e. The smallest absolute Gasteiger partial charge is 0.233 e. The Morgan fingerprint density at radius 2 is 1.96 bits per heavy atom. The monoisotopic (exact) mass is 329 g/mol.